The zero-order valence-electron chi connectivity index (χ0n) is 11.2. The minimum absolute atomic E-state index is 0.133. The Kier molecular flexibility index (Phi) is 5.65. The van der Waals surface area contributed by atoms with E-state index in [0.717, 1.165) is 17.7 Å². The van der Waals surface area contributed by atoms with Crippen LogP contribution in [0.4, 0.5) is 10.5 Å². The number of rotatable bonds is 5. The van der Waals surface area contributed by atoms with E-state index < -0.39 is 6.10 Å². The number of aryl methyl sites for hydroxylation is 1. The Bertz CT molecular complexity index is 391. The van der Waals surface area contributed by atoms with Crippen LogP contribution < -0.4 is 10.6 Å². The maximum atomic E-state index is 11.7. The van der Waals surface area contributed by atoms with Gasteiger partial charge in [0.15, 0.2) is 0 Å². The molecule has 0 aliphatic carbocycles. The third-order valence-corrected chi connectivity index (χ3v) is 2.89. The van der Waals surface area contributed by atoms with Gasteiger partial charge in [0, 0.05) is 12.2 Å². The van der Waals surface area contributed by atoms with Crippen molar-refractivity contribution in [3.8, 4) is 0 Å². The van der Waals surface area contributed by atoms with Gasteiger partial charge < -0.3 is 15.7 Å². The molecule has 0 spiro atoms. The number of carbonyl (C=O) groups is 1. The van der Waals surface area contributed by atoms with E-state index in [-0.39, 0.29) is 18.5 Å². The number of aliphatic hydroxyl groups excluding tert-OH is 1. The van der Waals surface area contributed by atoms with E-state index in [9.17, 15) is 9.90 Å². The molecule has 0 radical (unpaired) electrons. The number of carbonyl (C=O) groups excluding carboxylic acids is 1. The highest BCUT2D eigenvalue weighted by Gasteiger charge is 2.11. The van der Waals surface area contributed by atoms with Crippen molar-refractivity contribution < 1.29 is 9.90 Å². The van der Waals surface area contributed by atoms with E-state index in [1.54, 1.807) is 0 Å². The molecule has 0 aliphatic heterocycles. The molecule has 4 heteroatoms. The van der Waals surface area contributed by atoms with Gasteiger partial charge in [0.2, 0.25) is 0 Å². The molecule has 0 saturated carbocycles. The minimum Gasteiger partial charge on any atom is -0.391 e. The average Bonchev–Trinajstić information content (AvgIpc) is 2.36. The second kappa shape index (κ2) is 7.01. The Labute approximate surface area is 108 Å². The van der Waals surface area contributed by atoms with E-state index in [1.807, 2.05) is 45.0 Å². The normalized spacial score (nSPS) is 12.3. The maximum Gasteiger partial charge on any atom is 0.319 e. The van der Waals surface area contributed by atoms with Crippen LogP contribution in [0.5, 0.6) is 0 Å². The SMILES string of the molecule is CCc1ccccc1NC(=O)NC[C@@H](O)C(C)C. The number of hydrogen-bond donors (Lipinski definition) is 3. The zero-order chi connectivity index (χ0) is 13.5. The second-order valence-electron chi connectivity index (χ2n) is 4.66. The smallest absolute Gasteiger partial charge is 0.319 e. The molecule has 0 aliphatic rings. The summed E-state index contributed by atoms with van der Waals surface area (Å²) in [5.41, 5.74) is 1.91. The van der Waals surface area contributed by atoms with Crippen molar-refractivity contribution in [2.24, 2.45) is 5.92 Å². The fourth-order valence-electron chi connectivity index (χ4n) is 1.55. The minimum atomic E-state index is -0.517. The molecule has 3 N–H and O–H groups in total. The molecule has 0 unspecified atom stereocenters. The highest BCUT2D eigenvalue weighted by Crippen LogP contribution is 2.14. The number of anilines is 1. The van der Waals surface area contributed by atoms with Crippen molar-refractivity contribution in [3.05, 3.63) is 29.8 Å². The summed E-state index contributed by atoms with van der Waals surface area (Å²) in [6.07, 6.45) is 0.350. The molecule has 0 bridgehead atoms. The van der Waals surface area contributed by atoms with E-state index in [1.165, 1.54) is 0 Å². The standard InChI is InChI=1S/C14H22N2O2/c1-4-11-7-5-6-8-12(11)16-14(18)15-9-13(17)10(2)3/h5-8,10,13,17H,4,9H2,1-3H3,(H2,15,16,18)/t13-/m1/s1. The number of benzene rings is 1. The molecule has 0 heterocycles. The molecule has 1 aromatic carbocycles. The maximum absolute atomic E-state index is 11.7. The number of hydrogen-bond acceptors (Lipinski definition) is 2. The van der Waals surface area contributed by atoms with Crippen molar-refractivity contribution in [1.29, 1.82) is 0 Å². The Morgan fingerprint density at radius 1 is 1.33 bits per heavy atom. The lowest BCUT2D eigenvalue weighted by Gasteiger charge is -2.16. The molecule has 0 saturated heterocycles. The summed E-state index contributed by atoms with van der Waals surface area (Å²) in [6.45, 7) is 6.13. The van der Waals surface area contributed by atoms with Gasteiger partial charge in [0.1, 0.15) is 0 Å². The molecule has 2 amide bonds. The lowest BCUT2D eigenvalue weighted by molar-refractivity contribution is 0.126. The van der Waals surface area contributed by atoms with E-state index >= 15 is 0 Å². The predicted molar refractivity (Wildman–Crippen MR) is 73.7 cm³/mol. The molecule has 1 aromatic rings. The van der Waals surface area contributed by atoms with Crippen LogP contribution in [0.15, 0.2) is 24.3 Å². The largest absolute Gasteiger partial charge is 0.391 e. The molecule has 18 heavy (non-hydrogen) atoms. The van der Waals surface area contributed by atoms with Crippen molar-refractivity contribution in [1.82, 2.24) is 5.32 Å². The van der Waals surface area contributed by atoms with Gasteiger partial charge in [-0.3, -0.25) is 0 Å². The Balaban J connectivity index is 2.49. The van der Waals surface area contributed by atoms with E-state index in [0.29, 0.717) is 0 Å². The Morgan fingerprint density at radius 3 is 2.61 bits per heavy atom. The Hall–Kier alpha value is -1.55. The van der Waals surface area contributed by atoms with Gasteiger partial charge in [-0.05, 0) is 24.0 Å². The molecule has 4 nitrogen and oxygen atoms in total. The first kappa shape index (κ1) is 14.5. The lowest BCUT2D eigenvalue weighted by Crippen LogP contribution is -2.37. The molecule has 0 fully saturated rings. The fraction of sp³-hybridized carbons (Fsp3) is 0.500. The first-order valence-electron chi connectivity index (χ1n) is 6.35. The molecular formula is C14H22N2O2. The topological polar surface area (TPSA) is 61.4 Å². The van der Waals surface area contributed by atoms with Crippen LogP contribution in [0.25, 0.3) is 0 Å². The molecule has 0 aromatic heterocycles. The quantitative estimate of drug-likeness (QED) is 0.751. The second-order valence-corrected chi connectivity index (χ2v) is 4.66. The number of urea groups is 1. The highest BCUT2D eigenvalue weighted by molar-refractivity contribution is 5.90. The van der Waals surface area contributed by atoms with Gasteiger partial charge in [-0.15, -0.1) is 0 Å². The summed E-state index contributed by atoms with van der Waals surface area (Å²) in [5, 5.41) is 15.1. The van der Waals surface area contributed by atoms with Crippen molar-refractivity contribution in [2.75, 3.05) is 11.9 Å². The van der Waals surface area contributed by atoms with E-state index in [4.69, 9.17) is 0 Å². The van der Waals surface area contributed by atoms with Gasteiger partial charge in [-0.1, -0.05) is 39.0 Å². The lowest BCUT2D eigenvalue weighted by atomic mass is 10.1. The molecule has 100 valence electrons. The van der Waals surface area contributed by atoms with Crippen LogP contribution in [-0.2, 0) is 6.42 Å². The Morgan fingerprint density at radius 2 is 2.00 bits per heavy atom. The summed E-state index contributed by atoms with van der Waals surface area (Å²) in [7, 11) is 0. The summed E-state index contributed by atoms with van der Waals surface area (Å²) >= 11 is 0. The first-order valence-corrected chi connectivity index (χ1v) is 6.35. The van der Waals surface area contributed by atoms with Crippen molar-refractivity contribution in [3.63, 3.8) is 0 Å². The summed E-state index contributed by atoms with van der Waals surface area (Å²) in [5.74, 6) is 0.133. The predicted octanol–water partition coefficient (Wildman–Crippen LogP) is 2.39. The van der Waals surface area contributed by atoms with Gasteiger partial charge in [-0.2, -0.15) is 0 Å². The van der Waals surface area contributed by atoms with Gasteiger partial charge >= 0.3 is 6.03 Å². The summed E-state index contributed by atoms with van der Waals surface area (Å²) < 4.78 is 0. The number of aliphatic hydroxyl groups is 1. The van der Waals surface area contributed by atoms with Gasteiger partial charge in [0.05, 0.1) is 6.10 Å². The van der Waals surface area contributed by atoms with Gasteiger partial charge in [0.25, 0.3) is 0 Å². The van der Waals surface area contributed by atoms with E-state index in [2.05, 4.69) is 10.6 Å². The van der Waals surface area contributed by atoms with Crippen LogP contribution >= 0.6 is 0 Å². The van der Waals surface area contributed by atoms with Crippen LogP contribution in [0.1, 0.15) is 26.3 Å². The van der Waals surface area contributed by atoms with Crippen LogP contribution in [0.3, 0.4) is 0 Å². The average molecular weight is 250 g/mol. The number of amides is 2. The zero-order valence-corrected chi connectivity index (χ0v) is 11.2. The molecule has 1 atom stereocenters. The van der Waals surface area contributed by atoms with Crippen LogP contribution in [-0.4, -0.2) is 23.8 Å². The fourth-order valence-corrected chi connectivity index (χ4v) is 1.55. The molecular weight excluding hydrogens is 228 g/mol. The van der Waals surface area contributed by atoms with Crippen LogP contribution in [0.2, 0.25) is 0 Å². The van der Waals surface area contributed by atoms with Gasteiger partial charge in [-0.25, -0.2) is 4.79 Å². The number of para-hydroxylation sites is 1. The molecule has 1 rings (SSSR count). The van der Waals surface area contributed by atoms with Crippen molar-refractivity contribution >= 4 is 11.7 Å². The first-order chi connectivity index (χ1) is 8.54. The third-order valence-electron chi connectivity index (χ3n) is 2.89. The third kappa shape index (κ3) is 4.37. The van der Waals surface area contributed by atoms with Crippen LogP contribution in [0, 0.1) is 5.92 Å². The summed E-state index contributed by atoms with van der Waals surface area (Å²) in [6, 6.07) is 7.41. The number of nitrogens with one attached hydrogen (secondary N) is 2. The monoisotopic (exact) mass is 250 g/mol. The summed E-state index contributed by atoms with van der Waals surface area (Å²) in [4.78, 5) is 11.7. The highest BCUT2D eigenvalue weighted by atomic mass is 16.3. The van der Waals surface area contributed by atoms with Crippen molar-refractivity contribution in [2.45, 2.75) is 33.3 Å².